The monoisotopic (exact) mass is 486 g/mol. The first-order valence-corrected chi connectivity index (χ1v) is 10.9. The van der Waals surface area contributed by atoms with Gasteiger partial charge in [-0.3, -0.25) is 13.9 Å². The van der Waals surface area contributed by atoms with E-state index in [0.717, 1.165) is 15.6 Å². The van der Waals surface area contributed by atoms with Crippen molar-refractivity contribution in [1.82, 2.24) is 19.5 Å². The lowest BCUT2D eigenvalue weighted by atomic mass is 9.97. The first-order chi connectivity index (χ1) is 15.3. The number of hydrogen-bond acceptors (Lipinski definition) is 12. The standard InChI is InChI=1S/C16H18N6O8S2/c17-14-18-7(6-31-14)9(20-30-16(1-2-16)13(25)26)11(23)19-10-8(22(32-28)12(10)24)5-21-3-4-29-15(21)27/h6,8,10,28H,1-5H2,(H2,17,18)(H,19,23)(H,25,26)/b20-9-. The fraction of sp³-hybridized carbons (Fsp3) is 0.500. The van der Waals surface area contributed by atoms with Crippen LogP contribution in [0.3, 0.4) is 0 Å². The number of cyclic esters (lactones) is 1. The number of carboxylic acids is 1. The summed E-state index contributed by atoms with van der Waals surface area (Å²) < 4.78 is 15.3. The van der Waals surface area contributed by atoms with E-state index in [0.29, 0.717) is 6.54 Å². The van der Waals surface area contributed by atoms with Crippen molar-refractivity contribution in [1.29, 1.82) is 0 Å². The first kappa shape index (κ1) is 22.1. The second kappa shape index (κ2) is 8.44. The van der Waals surface area contributed by atoms with Crippen molar-refractivity contribution in [2.24, 2.45) is 5.16 Å². The number of nitrogens with zero attached hydrogens (tertiary/aromatic N) is 4. The number of thiazole rings is 1. The number of oxime groups is 1. The molecule has 14 nitrogen and oxygen atoms in total. The number of nitrogens with one attached hydrogen (secondary N) is 1. The quantitative estimate of drug-likeness (QED) is 0.114. The topological polar surface area (TPSA) is 197 Å². The SMILES string of the molecule is Nc1nc(/C(=N/OC2(C(=O)O)CC2)C(=O)NC2C(=O)N(SO)C2CN2CCOC2=O)cs1. The molecule has 2 aliphatic heterocycles. The number of amides is 3. The van der Waals surface area contributed by atoms with Gasteiger partial charge in [0.2, 0.25) is 5.60 Å². The minimum absolute atomic E-state index is 0.0256. The fourth-order valence-electron chi connectivity index (χ4n) is 3.18. The van der Waals surface area contributed by atoms with Gasteiger partial charge in [-0.2, -0.15) is 0 Å². The second-order valence-corrected chi connectivity index (χ2v) is 8.67. The number of carbonyl (C=O) groups excluding carboxylic acids is 3. The summed E-state index contributed by atoms with van der Waals surface area (Å²) in [6, 6.07) is -1.81. The molecule has 3 aliphatic rings. The van der Waals surface area contributed by atoms with E-state index < -0.39 is 41.6 Å². The summed E-state index contributed by atoms with van der Waals surface area (Å²) in [6.07, 6.45) is -0.0931. The number of carboxylic acid groups (broad SMARTS) is 1. The Hall–Kier alpha value is -3.11. The molecule has 0 spiro atoms. The van der Waals surface area contributed by atoms with Gasteiger partial charge in [-0.25, -0.2) is 14.6 Å². The molecule has 1 aromatic rings. The number of aromatic nitrogens is 1. The molecule has 16 heteroatoms. The highest BCUT2D eigenvalue weighted by Crippen LogP contribution is 2.40. The fourth-order valence-corrected chi connectivity index (χ4v) is 4.23. The van der Waals surface area contributed by atoms with Crippen molar-refractivity contribution >= 4 is 58.3 Å². The summed E-state index contributed by atoms with van der Waals surface area (Å²) in [5.41, 5.74) is 3.82. The van der Waals surface area contributed by atoms with Crippen molar-refractivity contribution in [2.75, 3.05) is 25.4 Å². The van der Waals surface area contributed by atoms with Crippen LogP contribution in [0.25, 0.3) is 0 Å². The van der Waals surface area contributed by atoms with E-state index in [-0.39, 0.29) is 54.8 Å². The number of anilines is 1. The van der Waals surface area contributed by atoms with Gasteiger partial charge < -0.3 is 35.2 Å². The molecule has 3 fully saturated rings. The Morgan fingerprint density at radius 3 is 2.75 bits per heavy atom. The molecule has 0 radical (unpaired) electrons. The molecule has 3 heterocycles. The molecule has 1 saturated carbocycles. The van der Waals surface area contributed by atoms with Crippen LogP contribution >= 0.6 is 23.6 Å². The Bertz CT molecular complexity index is 995. The first-order valence-electron chi connectivity index (χ1n) is 9.34. The summed E-state index contributed by atoms with van der Waals surface area (Å²) >= 11 is 1.22. The van der Waals surface area contributed by atoms with Crippen molar-refractivity contribution < 1.29 is 38.4 Å². The largest absolute Gasteiger partial charge is 0.478 e. The lowest BCUT2D eigenvalue weighted by Gasteiger charge is -2.45. The number of carbonyl (C=O) groups is 4. The number of rotatable bonds is 9. The van der Waals surface area contributed by atoms with Gasteiger partial charge in [-0.05, 0) is 0 Å². The number of nitrogen functional groups attached to an aromatic ring is 1. The third-order valence-corrected chi connectivity index (χ3v) is 6.48. The molecule has 1 aromatic heterocycles. The van der Waals surface area contributed by atoms with Crippen LogP contribution < -0.4 is 11.1 Å². The van der Waals surface area contributed by atoms with Crippen molar-refractivity contribution in [2.45, 2.75) is 30.5 Å². The van der Waals surface area contributed by atoms with Gasteiger partial charge in [-0.15, -0.1) is 11.3 Å². The molecule has 4 rings (SSSR count). The van der Waals surface area contributed by atoms with Gasteiger partial charge in [0.15, 0.2) is 10.8 Å². The van der Waals surface area contributed by atoms with Gasteiger partial charge in [0.05, 0.1) is 12.6 Å². The van der Waals surface area contributed by atoms with E-state index in [1.165, 1.54) is 10.3 Å². The minimum Gasteiger partial charge on any atom is -0.478 e. The summed E-state index contributed by atoms with van der Waals surface area (Å²) in [6.45, 7) is 0.537. The Kier molecular flexibility index (Phi) is 5.83. The third kappa shape index (κ3) is 4.03. The summed E-state index contributed by atoms with van der Waals surface area (Å²) in [5, 5.41) is 17.1. The van der Waals surface area contributed by atoms with Gasteiger partial charge in [-0.1, -0.05) is 5.16 Å². The molecule has 2 atom stereocenters. The second-order valence-electron chi connectivity index (χ2n) is 7.23. The lowest BCUT2D eigenvalue weighted by molar-refractivity contribution is -0.153. The number of aliphatic carboxylic acids is 1. The van der Waals surface area contributed by atoms with Crippen LogP contribution in [-0.2, 0) is 24.0 Å². The summed E-state index contributed by atoms with van der Waals surface area (Å²) in [5.74, 6) is -2.65. The highest BCUT2D eigenvalue weighted by molar-refractivity contribution is 7.92. The molecule has 2 unspecified atom stereocenters. The Morgan fingerprint density at radius 1 is 1.47 bits per heavy atom. The Balaban J connectivity index is 1.52. The van der Waals surface area contributed by atoms with E-state index >= 15 is 0 Å². The number of hydrogen-bond donors (Lipinski definition) is 4. The van der Waals surface area contributed by atoms with Crippen LogP contribution in [0, 0.1) is 0 Å². The Morgan fingerprint density at radius 2 is 2.22 bits per heavy atom. The van der Waals surface area contributed by atoms with Crippen molar-refractivity contribution in [3.05, 3.63) is 11.1 Å². The molecule has 1 aliphatic carbocycles. The zero-order valence-electron chi connectivity index (χ0n) is 16.3. The summed E-state index contributed by atoms with van der Waals surface area (Å²) in [7, 11) is 0. The van der Waals surface area contributed by atoms with Crippen molar-refractivity contribution in [3.8, 4) is 0 Å². The predicted molar refractivity (Wildman–Crippen MR) is 109 cm³/mol. The van der Waals surface area contributed by atoms with E-state index in [9.17, 15) is 28.8 Å². The maximum absolute atomic E-state index is 13.0. The van der Waals surface area contributed by atoms with Crippen molar-refractivity contribution in [3.63, 3.8) is 0 Å². The molecule has 2 saturated heterocycles. The van der Waals surface area contributed by atoms with Gasteiger partial charge >= 0.3 is 12.1 Å². The van der Waals surface area contributed by atoms with E-state index in [1.807, 2.05) is 0 Å². The van der Waals surface area contributed by atoms with E-state index in [2.05, 4.69) is 15.5 Å². The predicted octanol–water partition coefficient (Wildman–Crippen LogP) is -0.668. The number of ether oxygens (including phenoxy) is 1. The molecule has 3 amide bonds. The lowest BCUT2D eigenvalue weighted by Crippen LogP contribution is -2.71. The molecule has 32 heavy (non-hydrogen) atoms. The highest BCUT2D eigenvalue weighted by atomic mass is 32.2. The van der Waals surface area contributed by atoms with E-state index in [1.54, 1.807) is 0 Å². The van der Waals surface area contributed by atoms with Crippen LogP contribution in [-0.4, -0.2) is 90.8 Å². The van der Waals surface area contributed by atoms with E-state index in [4.69, 9.17) is 15.3 Å². The summed E-state index contributed by atoms with van der Waals surface area (Å²) in [4.78, 5) is 58.9. The van der Waals surface area contributed by atoms with Crippen LogP contribution in [0.5, 0.6) is 0 Å². The molecule has 0 bridgehead atoms. The van der Waals surface area contributed by atoms with Crippen LogP contribution in [0.4, 0.5) is 9.93 Å². The maximum Gasteiger partial charge on any atom is 0.410 e. The molecular weight excluding hydrogens is 468 g/mol. The minimum atomic E-state index is -1.50. The zero-order valence-corrected chi connectivity index (χ0v) is 17.9. The van der Waals surface area contributed by atoms with Crippen LogP contribution in [0.15, 0.2) is 10.5 Å². The Labute approximate surface area is 188 Å². The smallest absolute Gasteiger partial charge is 0.410 e. The molecular formula is C16H18N6O8S2. The van der Waals surface area contributed by atoms with Gasteiger partial charge in [0.25, 0.3) is 11.8 Å². The average Bonchev–Trinajstić information content (AvgIpc) is 3.27. The zero-order chi connectivity index (χ0) is 23.0. The highest BCUT2D eigenvalue weighted by Gasteiger charge is 2.55. The maximum atomic E-state index is 13.0. The molecule has 172 valence electrons. The molecule has 5 N–H and O–H groups in total. The normalized spacial score (nSPS) is 24.1. The van der Waals surface area contributed by atoms with Gasteiger partial charge in [0.1, 0.15) is 30.6 Å². The third-order valence-electron chi connectivity index (χ3n) is 5.18. The van der Waals surface area contributed by atoms with Gasteiger partial charge in [0, 0.05) is 24.8 Å². The number of β-lactam (4-membered cyclic amide) rings is 1. The average molecular weight is 486 g/mol. The molecule has 0 aromatic carbocycles. The number of nitrogens with two attached hydrogens (primary N) is 1. The van der Waals surface area contributed by atoms with Crippen LogP contribution in [0.2, 0.25) is 0 Å². The van der Waals surface area contributed by atoms with Crippen LogP contribution in [0.1, 0.15) is 18.5 Å².